The maximum Gasteiger partial charge on any atom is 0.426 e. The Morgan fingerprint density at radius 2 is 1.86 bits per heavy atom. The molecule has 0 radical (unpaired) electrons. The van der Waals surface area contributed by atoms with Gasteiger partial charge < -0.3 is 10.0 Å². The summed E-state index contributed by atoms with van der Waals surface area (Å²) >= 11 is 0. The minimum absolute atomic E-state index is 0.0487. The zero-order chi connectivity index (χ0) is 20.7. The summed E-state index contributed by atoms with van der Waals surface area (Å²) in [6, 6.07) is 7.65. The Balaban J connectivity index is 1.78. The van der Waals surface area contributed by atoms with Crippen LogP contribution in [0.3, 0.4) is 0 Å². The van der Waals surface area contributed by atoms with Crippen LogP contribution in [0.2, 0.25) is 0 Å². The van der Waals surface area contributed by atoms with Gasteiger partial charge in [0.2, 0.25) is 5.60 Å². The molecule has 1 fully saturated rings. The van der Waals surface area contributed by atoms with Gasteiger partial charge in [0.05, 0.1) is 5.69 Å². The normalized spacial score (nSPS) is 22.8. The number of aliphatic hydroxyl groups is 1. The number of amides is 1. The minimum Gasteiger partial charge on any atom is -0.373 e. The number of benzene rings is 1. The first-order valence-electron chi connectivity index (χ1n) is 8.90. The lowest BCUT2D eigenvalue weighted by Gasteiger charge is -2.40. The smallest absolute Gasteiger partial charge is 0.373 e. The lowest BCUT2D eigenvalue weighted by molar-refractivity contribution is -0.250. The first-order chi connectivity index (χ1) is 13.0. The van der Waals surface area contributed by atoms with Gasteiger partial charge in [0.15, 0.2) is 0 Å². The van der Waals surface area contributed by atoms with Gasteiger partial charge in [-0.05, 0) is 49.6 Å². The molecule has 0 spiro atoms. The maximum absolute atomic E-state index is 13.2. The second-order valence-electron chi connectivity index (χ2n) is 7.34. The van der Waals surface area contributed by atoms with E-state index in [1.54, 1.807) is 23.0 Å². The van der Waals surface area contributed by atoms with Gasteiger partial charge in [0, 0.05) is 30.9 Å². The van der Waals surface area contributed by atoms with Crippen molar-refractivity contribution in [1.29, 1.82) is 0 Å². The van der Waals surface area contributed by atoms with Crippen molar-refractivity contribution < 1.29 is 27.5 Å². The quantitative estimate of drug-likeness (QED) is 0.806. The van der Waals surface area contributed by atoms with Gasteiger partial charge in [-0.2, -0.15) is 18.3 Å². The molecule has 2 aromatic rings. The van der Waals surface area contributed by atoms with E-state index in [0.29, 0.717) is 19.0 Å². The van der Waals surface area contributed by atoms with E-state index in [0.717, 1.165) is 10.6 Å². The van der Waals surface area contributed by atoms with Crippen LogP contribution in [0.4, 0.5) is 17.6 Å². The summed E-state index contributed by atoms with van der Waals surface area (Å²) in [4.78, 5) is 13.3. The van der Waals surface area contributed by atoms with Gasteiger partial charge in [-0.3, -0.25) is 4.79 Å². The molecule has 0 bridgehead atoms. The number of carbonyl (C=O) groups excluding carboxylic acids is 1. The molecule has 1 amide bonds. The number of nitrogens with zero attached hydrogens (tertiary/aromatic N) is 3. The Morgan fingerprint density at radius 3 is 2.43 bits per heavy atom. The molecular formula is C19H21F4N3O2. The third-order valence-electron chi connectivity index (χ3n) is 5.28. The van der Waals surface area contributed by atoms with E-state index in [4.69, 9.17) is 0 Å². The monoisotopic (exact) mass is 399 g/mol. The number of hydrogen-bond donors (Lipinski definition) is 1. The van der Waals surface area contributed by atoms with Crippen LogP contribution in [0, 0.1) is 11.7 Å². The molecule has 28 heavy (non-hydrogen) atoms. The van der Waals surface area contributed by atoms with Crippen molar-refractivity contribution >= 4 is 5.91 Å². The summed E-state index contributed by atoms with van der Waals surface area (Å²) in [5, 5.41) is 13.9. The van der Waals surface area contributed by atoms with Crippen LogP contribution in [-0.2, 0) is 4.79 Å². The fraction of sp³-hybridized carbons (Fsp3) is 0.474. The van der Waals surface area contributed by atoms with Crippen LogP contribution in [0.15, 0.2) is 36.5 Å². The Morgan fingerprint density at radius 1 is 1.21 bits per heavy atom. The second-order valence-corrected chi connectivity index (χ2v) is 7.34. The van der Waals surface area contributed by atoms with Gasteiger partial charge >= 0.3 is 6.18 Å². The van der Waals surface area contributed by atoms with E-state index in [9.17, 15) is 27.5 Å². The van der Waals surface area contributed by atoms with E-state index in [2.05, 4.69) is 5.10 Å². The Kier molecular flexibility index (Phi) is 5.22. The molecule has 3 rings (SSSR count). The molecule has 5 nitrogen and oxygen atoms in total. The highest BCUT2D eigenvalue weighted by molar-refractivity contribution is 5.85. The maximum atomic E-state index is 13.2. The average Bonchev–Trinajstić information content (AvgIpc) is 3.10. The van der Waals surface area contributed by atoms with Gasteiger partial charge in [0.1, 0.15) is 5.82 Å². The Bertz CT molecular complexity index is 846. The molecule has 1 aromatic carbocycles. The summed E-state index contributed by atoms with van der Waals surface area (Å²) < 4.78 is 53.8. The molecule has 152 valence electrons. The van der Waals surface area contributed by atoms with Crippen LogP contribution < -0.4 is 0 Å². The number of likely N-dealkylation sites (tertiary alicyclic amines) is 1. The zero-order valence-corrected chi connectivity index (χ0v) is 15.4. The Labute approximate surface area is 159 Å². The molecule has 2 heterocycles. The third-order valence-corrected chi connectivity index (χ3v) is 5.28. The summed E-state index contributed by atoms with van der Waals surface area (Å²) in [7, 11) is 0. The van der Waals surface area contributed by atoms with Gasteiger partial charge in [0.25, 0.3) is 5.91 Å². The van der Waals surface area contributed by atoms with Gasteiger partial charge in [-0.1, -0.05) is 6.92 Å². The van der Waals surface area contributed by atoms with Crippen molar-refractivity contribution in [3.63, 3.8) is 0 Å². The second kappa shape index (κ2) is 7.20. The topological polar surface area (TPSA) is 58.4 Å². The van der Waals surface area contributed by atoms with Crippen LogP contribution in [0.1, 0.15) is 31.9 Å². The fourth-order valence-electron chi connectivity index (χ4n) is 3.59. The van der Waals surface area contributed by atoms with Crippen molar-refractivity contribution in [2.45, 2.75) is 38.0 Å². The number of halogens is 4. The predicted molar refractivity (Wildman–Crippen MR) is 93.3 cm³/mol. The molecule has 1 aliphatic rings. The van der Waals surface area contributed by atoms with Crippen molar-refractivity contribution in [2.24, 2.45) is 5.92 Å². The summed E-state index contributed by atoms with van der Waals surface area (Å²) in [5.41, 5.74) is -1.89. The lowest BCUT2D eigenvalue weighted by Crippen LogP contribution is -2.58. The van der Waals surface area contributed by atoms with Crippen LogP contribution in [0.5, 0.6) is 0 Å². The zero-order valence-electron chi connectivity index (χ0n) is 15.4. The minimum atomic E-state index is -5.04. The molecule has 1 aliphatic heterocycles. The van der Waals surface area contributed by atoms with Crippen molar-refractivity contribution in [1.82, 2.24) is 14.7 Å². The molecule has 1 N–H and O–H groups in total. The molecule has 3 atom stereocenters. The Hall–Kier alpha value is -2.42. The predicted octanol–water partition coefficient (Wildman–Crippen LogP) is 3.28. The highest BCUT2D eigenvalue weighted by atomic mass is 19.4. The van der Waals surface area contributed by atoms with E-state index >= 15 is 0 Å². The lowest BCUT2D eigenvalue weighted by atomic mass is 9.83. The summed E-state index contributed by atoms with van der Waals surface area (Å²) in [6.07, 6.45) is -3.00. The van der Waals surface area contributed by atoms with Crippen LogP contribution in [0.25, 0.3) is 5.69 Å². The molecule has 1 aromatic heterocycles. The highest BCUT2D eigenvalue weighted by Crippen LogP contribution is 2.37. The molecule has 3 unspecified atom stereocenters. The van der Waals surface area contributed by atoms with Gasteiger partial charge in [-0.15, -0.1) is 0 Å². The molecule has 1 saturated heterocycles. The number of alkyl halides is 3. The summed E-state index contributed by atoms with van der Waals surface area (Å²) in [5.74, 6) is -1.91. The van der Waals surface area contributed by atoms with Crippen molar-refractivity contribution in [2.75, 3.05) is 13.1 Å². The number of piperidine rings is 1. The molecular weight excluding hydrogens is 378 g/mol. The molecule has 0 aliphatic carbocycles. The number of aromatic nitrogens is 2. The molecule has 9 heteroatoms. The van der Waals surface area contributed by atoms with E-state index in [-0.39, 0.29) is 30.7 Å². The van der Waals surface area contributed by atoms with E-state index in [1.165, 1.54) is 12.1 Å². The van der Waals surface area contributed by atoms with E-state index < -0.39 is 17.7 Å². The average molecular weight is 399 g/mol. The first kappa shape index (κ1) is 20.3. The number of hydrogen-bond acceptors (Lipinski definition) is 3. The van der Waals surface area contributed by atoms with Crippen molar-refractivity contribution in [3.8, 4) is 5.69 Å². The van der Waals surface area contributed by atoms with Crippen LogP contribution >= 0.6 is 0 Å². The SMILES string of the molecule is CC1CN(C(=O)C(C)(O)C(F)(F)F)CCC1c1ccnn1-c1ccc(F)cc1. The number of rotatable bonds is 3. The fourth-order valence-corrected chi connectivity index (χ4v) is 3.59. The first-order valence-corrected chi connectivity index (χ1v) is 8.90. The summed E-state index contributed by atoms with van der Waals surface area (Å²) in [6.45, 7) is 2.50. The largest absolute Gasteiger partial charge is 0.426 e. The van der Waals surface area contributed by atoms with Crippen LogP contribution in [-0.4, -0.2) is 50.6 Å². The molecule has 0 saturated carbocycles. The van der Waals surface area contributed by atoms with E-state index in [1.807, 2.05) is 13.0 Å². The third kappa shape index (κ3) is 3.63. The number of carbonyl (C=O) groups is 1. The van der Waals surface area contributed by atoms with Gasteiger partial charge in [-0.25, -0.2) is 9.07 Å². The highest BCUT2D eigenvalue weighted by Gasteiger charge is 2.57. The van der Waals surface area contributed by atoms with Crippen molar-refractivity contribution in [3.05, 3.63) is 48.0 Å². The standard InChI is InChI=1S/C19H21F4N3O2/c1-12-11-25(17(27)18(2,28)19(21,22)23)10-8-15(12)16-7-9-24-26(16)14-5-3-13(20)4-6-14/h3-7,9,12,15,28H,8,10-11H2,1-2H3.